The fraction of sp³-hybridized carbons (Fsp3) is 0.632. The van der Waals surface area contributed by atoms with Crippen LogP contribution in [-0.2, 0) is 10.2 Å². The van der Waals surface area contributed by atoms with Crippen LogP contribution in [0, 0.1) is 0 Å². The number of thioether (sulfide) groups is 1. The van der Waals surface area contributed by atoms with Gasteiger partial charge in [0.25, 0.3) is 0 Å². The highest BCUT2D eigenvalue weighted by Gasteiger charge is 2.44. The number of guanidine groups is 1. The number of rotatable bonds is 6. The molecule has 1 aromatic rings. The van der Waals surface area contributed by atoms with Gasteiger partial charge in [-0.25, -0.2) is 0 Å². The van der Waals surface area contributed by atoms with Gasteiger partial charge in [-0.3, -0.25) is 4.99 Å². The maximum absolute atomic E-state index is 5.52. The molecule has 0 atom stereocenters. The Hall–Kier alpha value is -0.470. The lowest BCUT2D eigenvalue weighted by molar-refractivity contribution is 0.0783. The summed E-state index contributed by atoms with van der Waals surface area (Å²) in [5.41, 5.74) is 1.74. The summed E-state index contributed by atoms with van der Waals surface area (Å²) in [4.78, 5) is 4.42. The standard InChI is InChI=1S/C19H29N3OS.HI/c1-20-17(22-15-19(24-2)10-12-23-13-11-19)21-14-18(8-9-18)16-6-4-3-5-7-16;/h3-7H,8-15H2,1-2H3,(H2,20,21,22);1H. The van der Waals surface area contributed by atoms with Crippen molar-refractivity contribution in [2.24, 2.45) is 4.99 Å². The Kier molecular flexibility index (Phi) is 7.89. The van der Waals surface area contributed by atoms with Crippen molar-refractivity contribution in [3.05, 3.63) is 35.9 Å². The maximum Gasteiger partial charge on any atom is 0.191 e. The lowest BCUT2D eigenvalue weighted by Crippen LogP contribution is -2.49. The van der Waals surface area contributed by atoms with Crippen molar-refractivity contribution in [3.63, 3.8) is 0 Å². The predicted octanol–water partition coefficient (Wildman–Crippen LogP) is 3.41. The minimum absolute atomic E-state index is 0. The first kappa shape index (κ1) is 20.8. The highest BCUT2D eigenvalue weighted by Crippen LogP contribution is 2.47. The highest BCUT2D eigenvalue weighted by molar-refractivity contribution is 14.0. The normalized spacial score (nSPS) is 21.1. The molecule has 0 amide bonds. The van der Waals surface area contributed by atoms with E-state index in [2.05, 4.69) is 52.2 Å². The highest BCUT2D eigenvalue weighted by atomic mass is 127. The Morgan fingerprint density at radius 1 is 1.08 bits per heavy atom. The van der Waals surface area contributed by atoms with E-state index in [1.165, 1.54) is 18.4 Å². The van der Waals surface area contributed by atoms with Crippen LogP contribution in [0.3, 0.4) is 0 Å². The molecule has 1 saturated carbocycles. The first-order valence-corrected chi connectivity index (χ1v) is 10.1. The molecule has 2 N–H and O–H groups in total. The van der Waals surface area contributed by atoms with Gasteiger partial charge in [0.2, 0.25) is 0 Å². The fourth-order valence-corrected chi connectivity index (χ4v) is 4.22. The van der Waals surface area contributed by atoms with Crippen molar-refractivity contribution >= 4 is 41.7 Å². The molecule has 0 bridgehead atoms. The molecule has 2 fully saturated rings. The summed E-state index contributed by atoms with van der Waals surface area (Å²) in [6.07, 6.45) is 6.93. The molecule has 2 aliphatic rings. The Morgan fingerprint density at radius 2 is 1.72 bits per heavy atom. The number of nitrogens with one attached hydrogen (secondary N) is 2. The second-order valence-electron chi connectivity index (χ2n) is 6.93. The monoisotopic (exact) mass is 475 g/mol. The van der Waals surface area contributed by atoms with E-state index in [-0.39, 0.29) is 28.7 Å². The largest absolute Gasteiger partial charge is 0.381 e. The average molecular weight is 475 g/mol. The van der Waals surface area contributed by atoms with Crippen molar-refractivity contribution in [1.29, 1.82) is 0 Å². The minimum Gasteiger partial charge on any atom is -0.381 e. The summed E-state index contributed by atoms with van der Waals surface area (Å²) < 4.78 is 5.79. The summed E-state index contributed by atoms with van der Waals surface area (Å²) in [5.74, 6) is 0.914. The molecule has 6 heteroatoms. The van der Waals surface area contributed by atoms with Gasteiger partial charge in [-0.15, -0.1) is 24.0 Å². The number of ether oxygens (including phenoxy) is 1. The minimum atomic E-state index is 0. The SMILES string of the molecule is CN=C(NCC1(SC)CCOCC1)NCC1(c2ccccc2)CC1.I. The first-order chi connectivity index (χ1) is 11.7. The van der Waals surface area contributed by atoms with E-state index in [9.17, 15) is 0 Å². The summed E-state index contributed by atoms with van der Waals surface area (Å²) in [6, 6.07) is 10.8. The number of nitrogens with zero attached hydrogens (tertiary/aromatic N) is 1. The second-order valence-corrected chi connectivity index (χ2v) is 8.20. The molecule has 1 aliphatic heterocycles. The van der Waals surface area contributed by atoms with Crippen LogP contribution in [-0.4, -0.2) is 50.3 Å². The van der Waals surface area contributed by atoms with Crippen molar-refractivity contribution in [2.45, 2.75) is 35.8 Å². The second kappa shape index (κ2) is 9.46. The van der Waals surface area contributed by atoms with Crippen molar-refractivity contribution < 1.29 is 4.74 Å². The van der Waals surface area contributed by atoms with E-state index >= 15 is 0 Å². The van der Waals surface area contributed by atoms with Gasteiger partial charge < -0.3 is 15.4 Å². The quantitative estimate of drug-likeness (QED) is 0.376. The predicted molar refractivity (Wildman–Crippen MR) is 118 cm³/mol. The third-order valence-corrected chi connectivity index (χ3v) is 6.89. The van der Waals surface area contributed by atoms with Crippen LogP contribution in [0.4, 0.5) is 0 Å². The summed E-state index contributed by atoms with van der Waals surface area (Å²) in [6.45, 7) is 3.62. The number of hydrogen-bond acceptors (Lipinski definition) is 3. The molecule has 1 aliphatic carbocycles. The van der Waals surface area contributed by atoms with Crippen molar-refractivity contribution in [1.82, 2.24) is 10.6 Å². The summed E-state index contributed by atoms with van der Waals surface area (Å²) in [7, 11) is 1.85. The smallest absolute Gasteiger partial charge is 0.191 e. The van der Waals surface area contributed by atoms with E-state index < -0.39 is 0 Å². The fourth-order valence-electron chi connectivity index (χ4n) is 3.42. The molecule has 25 heavy (non-hydrogen) atoms. The molecule has 1 aromatic carbocycles. The van der Waals surface area contributed by atoms with Crippen molar-refractivity contribution in [2.75, 3.05) is 39.6 Å². The Bertz CT molecular complexity index is 557. The molecule has 0 aromatic heterocycles. The van der Waals surface area contributed by atoms with E-state index in [0.717, 1.165) is 45.1 Å². The van der Waals surface area contributed by atoms with Crippen LogP contribution in [0.15, 0.2) is 35.3 Å². The van der Waals surface area contributed by atoms with Gasteiger partial charge >= 0.3 is 0 Å². The number of halogens is 1. The van der Waals surface area contributed by atoms with Crippen LogP contribution in [0.5, 0.6) is 0 Å². The zero-order valence-corrected chi connectivity index (χ0v) is 18.4. The number of benzene rings is 1. The molecule has 0 spiro atoms. The lowest BCUT2D eigenvalue weighted by atomic mass is 9.96. The van der Waals surface area contributed by atoms with E-state index in [1.54, 1.807) is 0 Å². The van der Waals surface area contributed by atoms with E-state index in [1.807, 2.05) is 18.8 Å². The topological polar surface area (TPSA) is 45.7 Å². The zero-order chi connectivity index (χ0) is 16.9. The molecule has 1 saturated heterocycles. The van der Waals surface area contributed by atoms with Crippen LogP contribution in [0.25, 0.3) is 0 Å². The molecular formula is C19H30IN3OS. The van der Waals surface area contributed by atoms with Crippen molar-refractivity contribution in [3.8, 4) is 0 Å². The van der Waals surface area contributed by atoms with Crippen LogP contribution >= 0.6 is 35.7 Å². The Labute approximate surface area is 173 Å². The number of aliphatic imine (C=N–C) groups is 1. The molecule has 140 valence electrons. The van der Waals surface area contributed by atoms with Gasteiger partial charge in [-0.1, -0.05) is 30.3 Å². The first-order valence-electron chi connectivity index (χ1n) is 8.85. The Balaban J connectivity index is 0.00000225. The molecule has 3 rings (SSSR count). The van der Waals surface area contributed by atoms with Gasteiger partial charge in [-0.2, -0.15) is 11.8 Å². The Morgan fingerprint density at radius 3 is 2.28 bits per heavy atom. The third kappa shape index (κ3) is 5.26. The molecular weight excluding hydrogens is 445 g/mol. The summed E-state index contributed by atoms with van der Waals surface area (Å²) >= 11 is 1.95. The number of hydrogen-bond donors (Lipinski definition) is 2. The third-order valence-electron chi connectivity index (χ3n) is 5.47. The van der Waals surface area contributed by atoms with Gasteiger partial charge in [0.1, 0.15) is 0 Å². The zero-order valence-electron chi connectivity index (χ0n) is 15.2. The van der Waals surface area contributed by atoms with Gasteiger partial charge in [0.05, 0.1) is 0 Å². The summed E-state index contributed by atoms with van der Waals surface area (Å²) in [5, 5.41) is 7.10. The molecule has 1 heterocycles. The lowest BCUT2D eigenvalue weighted by Gasteiger charge is -2.36. The average Bonchev–Trinajstić information content (AvgIpc) is 3.44. The van der Waals surface area contributed by atoms with Crippen LogP contribution in [0.1, 0.15) is 31.2 Å². The molecule has 4 nitrogen and oxygen atoms in total. The van der Waals surface area contributed by atoms with Crippen LogP contribution in [0.2, 0.25) is 0 Å². The van der Waals surface area contributed by atoms with Gasteiger partial charge in [0.15, 0.2) is 5.96 Å². The van der Waals surface area contributed by atoms with Gasteiger partial charge in [-0.05, 0) is 37.5 Å². The molecule has 0 unspecified atom stereocenters. The van der Waals surface area contributed by atoms with E-state index in [0.29, 0.717) is 5.41 Å². The van der Waals surface area contributed by atoms with E-state index in [4.69, 9.17) is 4.74 Å². The molecule has 0 radical (unpaired) electrons. The van der Waals surface area contributed by atoms with Gasteiger partial charge in [0, 0.05) is 43.5 Å². The van der Waals surface area contributed by atoms with Crippen LogP contribution < -0.4 is 10.6 Å². The maximum atomic E-state index is 5.52.